The Bertz CT molecular complexity index is 884. The lowest BCUT2D eigenvalue weighted by Crippen LogP contribution is -2.36. The minimum absolute atomic E-state index is 0.108. The van der Waals surface area contributed by atoms with Gasteiger partial charge in [0, 0.05) is 40.9 Å². The van der Waals surface area contributed by atoms with E-state index in [1.165, 1.54) is 9.75 Å². The lowest BCUT2D eigenvalue weighted by Gasteiger charge is -2.28. The van der Waals surface area contributed by atoms with Crippen LogP contribution in [-0.2, 0) is 11.3 Å². The zero-order chi connectivity index (χ0) is 17.4. The molecule has 4 heterocycles. The summed E-state index contributed by atoms with van der Waals surface area (Å²) in [5.41, 5.74) is 8.23. The monoisotopic (exact) mass is 457 g/mol. The number of thiophene rings is 2. The minimum atomic E-state index is 0.108. The van der Waals surface area contributed by atoms with Crippen LogP contribution in [0.25, 0.3) is 10.2 Å². The fourth-order valence-electron chi connectivity index (χ4n) is 3.02. The van der Waals surface area contributed by atoms with Gasteiger partial charge in [-0.2, -0.15) is 0 Å². The molecule has 0 aromatic carbocycles. The molecule has 0 radical (unpaired) electrons. The van der Waals surface area contributed by atoms with Crippen molar-refractivity contribution in [1.29, 1.82) is 0 Å². The Morgan fingerprint density at radius 1 is 1.48 bits per heavy atom. The Kier molecular flexibility index (Phi) is 5.31. The molecule has 0 unspecified atom stereocenters. The van der Waals surface area contributed by atoms with Crippen molar-refractivity contribution in [3.05, 3.63) is 43.0 Å². The van der Waals surface area contributed by atoms with Crippen molar-refractivity contribution in [3.63, 3.8) is 0 Å². The number of nitrogens with zero attached hydrogens (tertiary/aromatic N) is 1. The number of nitrogens with one attached hydrogen (secondary N) is 1. The molecule has 8 heteroatoms. The fourth-order valence-corrected chi connectivity index (χ4v) is 6.09. The number of hydrogen-bond donors (Lipinski definition) is 2. The summed E-state index contributed by atoms with van der Waals surface area (Å²) >= 11 is 13.4. The van der Waals surface area contributed by atoms with Crippen molar-refractivity contribution >= 4 is 66.1 Å². The number of aromatic nitrogens is 1. The van der Waals surface area contributed by atoms with Crippen LogP contribution in [-0.4, -0.2) is 24.2 Å². The molecule has 1 aliphatic heterocycles. The molecule has 3 aromatic heterocycles. The van der Waals surface area contributed by atoms with Crippen LogP contribution in [0.2, 0.25) is 5.15 Å². The predicted octanol–water partition coefficient (Wildman–Crippen LogP) is 5.22. The predicted molar refractivity (Wildman–Crippen MR) is 110 cm³/mol. The molecule has 4 nitrogen and oxygen atoms in total. The number of rotatable bonds is 4. The van der Waals surface area contributed by atoms with Gasteiger partial charge in [0.15, 0.2) is 0 Å². The molecule has 4 rings (SSSR count). The number of ether oxygens (including phenoxy) is 1. The molecule has 0 amide bonds. The largest absolute Gasteiger partial charge is 0.381 e. The van der Waals surface area contributed by atoms with Crippen LogP contribution in [0.4, 0.5) is 5.69 Å². The van der Waals surface area contributed by atoms with E-state index < -0.39 is 0 Å². The second-order valence-electron chi connectivity index (χ2n) is 6.02. The first-order chi connectivity index (χ1) is 12.1. The van der Waals surface area contributed by atoms with Gasteiger partial charge in [0.1, 0.15) is 5.15 Å². The van der Waals surface area contributed by atoms with Crippen LogP contribution in [0.5, 0.6) is 0 Å². The van der Waals surface area contributed by atoms with Crippen molar-refractivity contribution in [2.45, 2.75) is 24.9 Å². The highest BCUT2D eigenvalue weighted by Crippen LogP contribution is 2.44. The first-order valence-electron chi connectivity index (χ1n) is 8.01. The Labute approximate surface area is 167 Å². The highest BCUT2D eigenvalue weighted by molar-refractivity contribution is 9.10. The Balaban J connectivity index is 1.72. The third kappa shape index (κ3) is 3.59. The smallest absolute Gasteiger partial charge is 0.131 e. The SMILES string of the molecule is N[C@@H]1CCOC[C@H]1c1sc2c(NCc3cccs3)cc(Cl)nc2c1Br. The van der Waals surface area contributed by atoms with E-state index in [1.807, 2.05) is 6.07 Å². The molecular formula is C17H17BrClN3OS2. The van der Waals surface area contributed by atoms with Crippen molar-refractivity contribution in [2.24, 2.45) is 5.73 Å². The van der Waals surface area contributed by atoms with E-state index in [9.17, 15) is 0 Å². The van der Waals surface area contributed by atoms with Crippen LogP contribution < -0.4 is 11.1 Å². The summed E-state index contributed by atoms with van der Waals surface area (Å²) in [7, 11) is 0. The van der Waals surface area contributed by atoms with Crippen molar-refractivity contribution in [3.8, 4) is 0 Å². The van der Waals surface area contributed by atoms with Crippen molar-refractivity contribution < 1.29 is 4.74 Å². The van der Waals surface area contributed by atoms with E-state index in [2.05, 4.69) is 43.7 Å². The van der Waals surface area contributed by atoms with Crippen molar-refractivity contribution in [2.75, 3.05) is 18.5 Å². The molecule has 1 saturated heterocycles. The van der Waals surface area contributed by atoms with E-state index in [-0.39, 0.29) is 12.0 Å². The number of nitrogens with two attached hydrogens (primary N) is 1. The number of hydrogen-bond acceptors (Lipinski definition) is 6. The molecule has 1 aliphatic rings. The summed E-state index contributed by atoms with van der Waals surface area (Å²) in [4.78, 5) is 7.00. The number of fused-ring (bicyclic) bond motifs is 1. The lowest BCUT2D eigenvalue weighted by molar-refractivity contribution is 0.0700. The third-order valence-electron chi connectivity index (χ3n) is 4.36. The summed E-state index contributed by atoms with van der Waals surface area (Å²) in [6.07, 6.45) is 0.878. The average molecular weight is 459 g/mol. The maximum Gasteiger partial charge on any atom is 0.131 e. The molecule has 3 N–H and O–H groups in total. The summed E-state index contributed by atoms with van der Waals surface area (Å²) in [6.45, 7) is 2.15. The third-order valence-corrected chi connectivity index (χ3v) is 7.84. The Hall–Kier alpha value is -0.700. The molecule has 3 aromatic rings. The number of anilines is 1. The maximum absolute atomic E-state index is 6.34. The molecule has 0 saturated carbocycles. The van der Waals surface area contributed by atoms with E-state index in [4.69, 9.17) is 22.1 Å². The van der Waals surface area contributed by atoms with Crippen LogP contribution in [0.3, 0.4) is 0 Å². The summed E-state index contributed by atoms with van der Waals surface area (Å²) in [6, 6.07) is 6.17. The number of halogens is 2. The summed E-state index contributed by atoms with van der Waals surface area (Å²) < 4.78 is 7.74. The Morgan fingerprint density at radius 3 is 3.12 bits per heavy atom. The van der Waals surface area contributed by atoms with E-state index in [0.717, 1.165) is 39.9 Å². The zero-order valence-electron chi connectivity index (χ0n) is 13.3. The molecule has 0 aliphatic carbocycles. The van der Waals surface area contributed by atoms with Gasteiger partial charge in [0.05, 0.1) is 27.0 Å². The Morgan fingerprint density at radius 2 is 2.36 bits per heavy atom. The van der Waals surface area contributed by atoms with Gasteiger partial charge in [-0.25, -0.2) is 4.98 Å². The van der Waals surface area contributed by atoms with Crippen molar-refractivity contribution in [1.82, 2.24) is 4.98 Å². The molecule has 0 spiro atoms. The zero-order valence-corrected chi connectivity index (χ0v) is 17.3. The highest BCUT2D eigenvalue weighted by Gasteiger charge is 2.29. The quantitative estimate of drug-likeness (QED) is 0.526. The van der Waals surface area contributed by atoms with Gasteiger partial charge in [0.2, 0.25) is 0 Å². The molecule has 132 valence electrons. The number of pyridine rings is 1. The van der Waals surface area contributed by atoms with Gasteiger partial charge in [-0.3, -0.25) is 0 Å². The normalized spacial score (nSPS) is 20.9. The topological polar surface area (TPSA) is 60.2 Å². The van der Waals surface area contributed by atoms with E-state index in [1.54, 1.807) is 22.7 Å². The van der Waals surface area contributed by atoms with Crippen LogP contribution >= 0.6 is 50.2 Å². The van der Waals surface area contributed by atoms with Gasteiger partial charge in [0.25, 0.3) is 0 Å². The molecule has 1 fully saturated rings. The second kappa shape index (κ2) is 7.50. The molecule has 0 bridgehead atoms. The molecule has 2 atom stereocenters. The van der Waals surface area contributed by atoms with Gasteiger partial charge in [-0.15, -0.1) is 22.7 Å². The van der Waals surface area contributed by atoms with E-state index in [0.29, 0.717) is 11.8 Å². The molecular weight excluding hydrogens is 442 g/mol. The maximum atomic E-state index is 6.34. The summed E-state index contributed by atoms with van der Waals surface area (Å²) in [5.74, 6) is 0.186. The van der Waals surface area contributed by atoms with Gasteiger partial charge in [-0.1, -0.05) is 17.7 Å². The van der Waals surface area contributed by atoms with E-state index >= 15 is 0 Å². The molecule has 25 heavy (non-hydrogen) atoms. The summed E-state index contributed by atoms with van der Waals surface area (Å²) in [5, 5.41) is 6.06. The van der Waals surface area contributed by atoms with Gasteiger partial charge >= 0.3 is 0 Å². The first-order valence-corrected chi connectivity index (χ1v) is 10.9. The fraction of sp³-hybridized carbons (Fsp3) is 0.353. The average Bonchev–Trinajstić information content (AvgIpc) is 3.22. The minimum Gasteiger partial charge on any atom is -0.381 e. The first kappa shape index (κ1) is 17.7. The lowest BCUT2D eigenvalue weighted by atomic mass is 9.95. The van der Waals surface area contributed by atoms with Gasteiger partial charge in [-0.05, 0) is 33.8 Å². The second-order valence-corrected chi connectivity index (χ2v) is 9.28. The van der Waals surface area contributed by atoms with Crippen LogP contribution in [0.15, 0.2) is 28.1 Å². The van der Waals surface area contributed by atoms with Gasteiger partial charge < -0.3 is 15.8 Å². The highest BCUT2D eigenvalue weighted by atomic mass is 79.9. The van der Waals surface area contributed by atoms with Crippen LogP contribution in [0.1, 0.15) is 22.1 Å². The standard InChI is InChI=1S/C17H17BrClN3OS2/c18-14-15-17(25-16(14)10-8-23-4-3-11(10)20)12(6-13(19)22-15)21-7-9-2-1-5-24-9/h1-2,5-6,10-11H,3-4,7-8,20H2,(H,21,22)/t10-,11-/m1/s1. The van der Waals surface area contributed by atoms with Crippen LogP contribution in [0, 0.1) is 0 Å².